The van der Waals surface area contributed by atoms with Gasteiger partial charge in [-0.05, 0) is 48.0 Å². The summed E-state index contributed by atoms with van der Waals surface area (Å²) in [7, 11) is 0. The molecule has 0 aromatic heterocycles. The van der Waals surface area contributed by atoms with Gasteiger partial charge in [0.25, 0.3) is 5.91 Å². The van der Waals surface area contributed by atoms with E-state index in [1.165, 1.54) is 0 Å². The minimum atomic E-state index is -0.637. The summed E-state index contributed by atoms with van der Waals surface area (Å²) < 4.78 is 16.9. The van der Waals surface area contributed by atoms with Gasteiger partial charge >= 0.3 is 0 Å². The van der Waals surface area contributed by atoms with Crippen LogP contribution in [0.1, 0.15) is 11.6 Å². The first-order chi connectivity index (χ1) is 13.7. The Bertz CT molecular complexity index is 1040. The Morgan fingerprint density at radius 3 is 2.57 bits per heavy atom. The van der Waals surface area contributed by atoms with Gasteiger partial charge < -0.3 is 14.2 Å². The van der Waals surface area contributed by atoms with E-state index in [0.717, 1.165) is 11.3 Å². The molecular weight excluding hydrogens is 378 g/mol. The molecule has 0 bridgehead atoms. The van der Waals surface area contributed by atoms with Crippen molar-refractivity contribution < 1.29 is 19.0 Å². The number of ether oxygens (including phenoxy) is 3. The fourth-order valence-corrected chi connectivity index (χ4v) is 3.74. The number of carbonyl (C=O) groups is 1. The van der Waals surface area contributed by atoms with Crippen LogP contribution in [0.15, 0.2) is 72.8 Å². The van der Waals surface area contributed by atoms with Crippen molar-refractivity contribution in [3.8, 4) is 17.2 Å². The van der Waals surface area contributed by atoms with E-state index in [4.69, 9.17) is 25.8 Å². The average molecular weight is 394 g/mol. The monoisotopic (exact) mass is 393 g/mol. The van der Waals surface area contributed by atoms with Crippen LogP contribution in [0.2, 0.25) is 5.02 Å². The number of fused-ring (bicyclic) bond motifs is 1. The third-order valence-corrected chi connectivity index (χ3v) is 5.11. The van der Waals surface area contributed by atoms with Gasteiger partial charge in [-0.3, -0.25) is 9.69 Å². The van der Waals surface area contributed by atoms with Gasteiger partial charge in [0.1, 0.15) is 11.8 Å². The van der Waals surface area contributed by atoms with Gasteiger partial charge in [0.2, 0.25) is 12.9 Å². The Morgan fingerprint density at radius 2 is 1.75 bits per heavy atom. The van der Waals surface area contributed by atoms with Crippen molar-refractivity contribution in [3.63, 3.8) is 0 Å². The van der Waals surface area contributed by atoms with Gasteiger partial charge in [0.05, 0.1) is 0 Å². The maximum atomic E-state index is 13.0. The molecule has 0 aliphatic carbocycles. The number of benzene rings is 3. The van der Waals surface area contributed by atoms with Crippen LogP contribution in [0.25, 0.3) is 0 Å². The van der Waals surface area contributed by atoms with Crippen molar-refractivity contribution in [3.05, 3.63) is 83.4 Å². The minimum Gasteiger partial charge on any atom is -0.478 e. The van der Waals surface area contributed by atoms with Gasteiger partial charge in [-0.2, -0.15) is 0 Å². The summed E-state index contributed by atoms with van der Waals surface area (Å²) in [6, 6.07) is 22.0. The Labute approximate surface area is 167 Å². The highest BCUT2D eigenvalue weighted by Gasteiger charge is 2.51. The maximum Gasteiger partial charge on any atom is 0.271 e. The molecule has 5 nitrogen and oxygen atoms in total. The molecule has 0 radical (unpaired) electrons. The molecule has 6 heteroatoms. The second-order valence-electron chi connectivity index (χ2n) is 6.60. The number of hydrogen-bond donors (Lipinski definition) is 0. The smallest absolute Gasteiger partial charge is 0.271 e. The highest BCUT2D eigenvalue weighted by atomic mass is 35.5. The summed E-state index contributed by atoms with van der Waals surface area (Å²) in [5, 5.41) is 0.571. The van der Waals surface area contributed by atoms with Crippen molar-refractivity contribution in [2.75, 3.05) is 11.7 Å². The number of para-hydroxylation sites is 1. The highest BCUT2D eigenvalue weighted by molar-refractivity contribution is 6.31. The molecule has 5 rings (SSSR count). The van der Waals surface area contributed by atoms with E-state index in [9.17, 15) is 4.79 Å². The number of halogens is 1. The summed E-state index contributed by atoms with van der Waals surface area (Å²) in [5.74, 6) is 1.90. The molecule has 0 saturated carbocycles. The largest absolute Gasteiger partial charge is 0.478 e. The van der Waals surface area contributed by atoms with Crippen LogP contribution in [-0.4, -0.2) is 18.8 Å². The van der Waals surface area contributed by atoms with E-state index >= 15 is 0 Å². The molecule has 2 heterocycles. The standard InChI is InChI=1S/C22H16ClNO4/c23-15-5-4-6-16(12-15)24-20(14-9-10-18-19(11-14)27-13-26-18)21(22(24)25)28-17-7-2-1-3-8-17/h1-12,20-21H,13H2/t20-,21-/m0/s1. The van der Waals surface area contributed by atoms with Crippen LogP contribution in [0, 0.1) is 0 Å². The molecule has 3 aromatic rings. The lowest BCUT2D eigenvalue weighted by Crippen LogP contribution is -2.61. The molecule has 2 aliphatic heterocycles. The van der Waals surface area contributed by atoms with Crippen LogP contribution < -0.4 is 19.1 Å². The SMILES string of the molecule is O=C1[C@@H](Oc2ccccc2)[C@H](c2ccc3c(c2)OCO3)N1c1cccc(Cl)c1. The fraction of sp³-hybridized carbons (Fsp3) is 0.136. The average Bonchev–Trinajstić information content (AvgIpc) is 3.18. The highest BCUT2D eigenvalue weighted by Crippen LogP contribution is 2.44. The molecule has 1 saturated heterocycles. The van der Waals surface area contributed by atoms with Crippen LogP contribution >= 0.6 is 11.6 Å². The van der Waals surface area contributed by atoms with E-state index in [1.54, 1.807) is 17.0 Å². The minimum absolute atomic E-state index is 0.117. The number of nitrogens with zero attached hydrogens (tertiary/aromatic N) is 1. The quantitative estimate of drug-likeness (QED) is 0.607. The third kappa shape index (κ3) is 2.84. The van der Waals surface area contributed by atoms with Crippen molar-refractivity contribution in [2.24, 2.45) is 0 Å². The summed E-state index contributed by atoms with van der Waals surface area (Å²) in [5.41, 5.74) is 1.64. The van der Waals surface area contributed by atoms with Crippen LogP contribution in [0.5, 0.6) is 17.2 Å². The van der Waals surface area contributed by atoms with Gasteiger partial charge in [-0.15, -0.1) is 0 Å². The van der Waals surface area contributed by atoms with Crippen LogP contribution in [0.3, 0.4) is 0 Å². The van der Waals surface area contributed by atoms with E-state index in [0.29, 0.717) is 22.3 Å². The summed E-state index contributed by atoms with van der Waals surface area (Å²) >= 11 is 6.15. The number of β-lactam (4-membered cyclic amide) rings is 1. The molecule has 140 valence electrons. The second-order valence-corrected chi connectivity index (χ2v) is 7.03. The fourth-order valence-electron chi connectivity index (χ4n) is 3.56. The molecule has 0 spiro atoms. The first kappa shape index (κ1) is 17.0. The number of anilines is 1. The molecule has 1 fully saturated rings. The van der Waals surface area contributed by atoms with Crippen molar-refractivity contribution >= 4 is 23.2 Å². The number of hydrogen-bond acceptors (Lipinski definition) is 4. The molecule has 2 aliphatic rings. The lowest BCUT2D eigenvalue weighted by Gasteiger charge is -2.46. The van der Waals surface area contributed by atoms with E-state index < -0.39 is 6.10 Å². The Balaban J connectivity index is 1.53. The zero-order valence-electron chi connectivity index (χ0n) is 14.7. The normalized spacial score (nSPS) is 20.0. The summed E-state index contributed by atoms with van der Waals surface area (Å²) in [6.07, 6.45) is -0.637. The lowest BCUT2D eigenvalue weighted by molar-refractivity contribution is -0.135. The predicted octanol–water partition coefficient (Wildman–Crippen LogP) is 4.60. The van der Waals surface area contributed by atoms with Crippen LogP contribution in [0.4, 0.5) is 5.69 Å². The van der Waals surface area contributed by atoms with Crippen LogP contribution in [-0.2, 0) is 4.79 Å². The third-order valence-electron chi connectivity index (χ3n) is 4.88. The van der Waals surface area contributed by atoms with Gasteiger partial charge in [-0.25, -0.2) is 0 Å². The Morgan fingerprint density at radius 1 is 0.929 bits per heavy atom. The van der Waals surface area contributed by atoms with Gasteiger partial charge in [-0.1, -0.05) is 41.9 Å². The summed E-state index contributed by atoms with van der Waals surface area (Å²) in [4.78, 5) is 14.7. The molecule has 28 heavy (non-hydrogen) atoms. The van der Waals surface area contributed by atoms with Gasteiger partial charge in [0, 0.05) is 10.7 Å². The van der Waals surface area contributed by atoms with E-state index in [-0.39, 0.29) is 18.7 Å². The number of amides is 1. The first-order valence-electron chi connectivity index (χ1n) is 8.90. The van der Waals surface area contributed by atoms with Crippen molar-refractivity contribution in [2.45, 2.75) is 12.1 Å². The number of carbonyl (C=O) groups excluding carboxylic acids is 1. The number of rotatable bonds is 4. The first-order valence-corrected chi connectivity index (χ1v) is 9.28. The van der Waals surface area contributed by atoms with E-state index in [1.807, 2.05) is 60.7 Å². The van der Waals surface area contributed by atoms with E-state index in [2.05, 4.69) is 0 Å². The summed E-state index contributed by atoms with van der Waals surface area (Å²) in [6.45, 7) is 0.199. The topological polar surface area (TPSA) is 48.0 Å². The lowest BCUT2D eigenvalue weighted by atomic mass is 9.89. The molecule has 0 N–H and O–H groups in total. The zero-order chi connectivity index (χ0) is 19.1. The van der Waals surface area contributed by atoms with Crippen molar-refractivity contribution in [1.29, 1.82) is 0 Å². The molecule has 3 aromatic carbocycles. The molecule has 0 unspecified atom stereocenters. The Kier molecular flexibility index (Phi) is 4.10. The second kappa shape index (κ2) is 6.77. The molecule has 1 amide bonds. The van der Waals surface area contributed by atoms with Gasteiger partial charge in [0.15, 0.2) is 11.5 Å². The molecule has 2 atom stereocenters. The maximum absolute atomic E-state index is 13.0. The van der Waals surface area contributed by atoms with Crippen molar-refractivity contribution in [1.82, 2.24) is 0 Å². The molecular formula is C22H16ClNO4. The predicted molar refractivity (Wildman–Crippen MR) is 105 cm³/mol. The Hall–Kier alpha value is -3.18. The zero-order valence-corrected chi connectivity index (χ0v) is 15.5.